The lowest BCUT2D eigenvalue weighted by Crippen LogP contribution is -2.15. The maximum Gasteiger partial charge on any atom is 0.0740 e. The van der Waals surface area contributed by atoms with Gasteiger partial charge in [-0.25, -0.2) is 0 Å². The molecule has 0 saturated carbocycles. The summed E-state index contributed by atoms with van der Waals surface area (Å²) in [6, 6.07) is 43.6. The van der Waals surface area contributed by atoms with Crippen LogP contribution in [0.3, 0.4) is 0 Å². The van der Waals surface area contributed by atoms with Crippen molar-refractivity contribution < 1.29 is 0 Å². The molecule has 2 aliphatic rings. The fourth-order valence-corrected chi connectivity index (χ4v) is 4.89. The molecular formula is C30H24N2. The number of hydrogen-bond donors (Lipinski definition) is 0. The summed E-state index contributed by atoms with van der Waals surface area (Å²) in [5.41, 5.74) is 7.18. The first kappa shape index (κ1) is 19.0. The zero-order valence-electron chi connectivity index (χ0n) is 17.8. The van der Waals surface area contributed by atoms with E-state index < -0.39 is 0 Å². The van der Waals surface area contributed by atoms with Gasteiger partial charge in [0.05, 0.1) is 29.5 Å². The lowest BCUT2D eigenvalue weighted by Gasteiger charge is -2.17. The number of hydrogen-bond acceptors (Lipinski definition) is 2. The van der Waals surface area contributed by atoms with Crippen LogP contribution in [0.25, 0.3) is 5.70 Å². The molecule has 0 spiro atoms. The second-order valence-electron chi connectivity index (χ2n) is 8.38. The molecule has 6 rings (SSSR count). The van der Waals surface area contributed by atoms with Crippen LogP contribution in [0.1, 0.15) is 34.3 Å². The molecule has 0 aromatic heterocycles. The van der Waals surface area contributed by atoms with Gasteiger partial charge in [0.1, 0.15) is 0 Å². The van der Waals surface area contributed by atoms with Crippen LogP contribution in [0.5, 0.6) is 0 Å². The van der Waals surface area contributed by atoms with Crippen molar-refractivity contribution >= 4 is 11.4 Å². The van der Waals surface area contributed by atoms with Gasteiger partial charge in [-0.1, -0.05) is 121 Å². The summed E-state index contributed by atoms with van der Waals surface area (Å²) in [5.74, 6) is 0. The van der Waals surface area contributed by atoms with Crippen molar-refractivity contribution in [3.05, 3.63) is 150 Å². The molecule has 1 saturated heterocycles. The molecular weight excluding hydrogens is 388 g/mol. The highest BCUT2D eigenvalue weighted by atomic mass is 15.4. The van der Waals surface area contributed by atoms with E-state index in [-0.39, 0.29) is 12.1 Å². The summed E-state index contributed by atoms with van der Waals surface area (Å²) in [4.78, 5) is 7.93. The third-order valence-corrected chi connectivity index (χ3v) is 6.43. The third kappa shape index (κ3) is 3.39. The Balaban J connectivity index is 1.53. The van der Waals surface area contributed by atoms with Crippen LogP contribution in [-0.2, 0) is 0 Å². The van der Waals surface area contributed by atoms with Gasteiger partial charge in [-0.3, -0.25) is 9.89 Å². The Morgan fingerprint density at radius 2 is 1.00 bits per heavy atom. The molecule has 4 aromatic rings. The van der Waals surface area contributed by atoms with Gasteiger partial charge in [0.2, 0.25) is 0 Å². The molecule has 0 amide bonds. The number of nitrogens with zero attached hydrogens (tertiary/aromatic N) is 2. The van der Waals surface area contributed by atoms with Crippen LogP contribution in [0.15, 0.2) is 132 Å². The number of rotatable bonds is 4. The first-order valence-corrected chi connectivity index (χ1v) is 11.2. The normalized spacial score (nSPS) is 24.0. The molecule has 2 heterocycles. The monoisotopic (exact) mass is 412 g/mol. The van der Waals surface area contributed by atoms with E-state index in [9.17, 15) is 0 Å². The Kier molecular flexibility index (Phi) is 4.78. The molecule has 2 heteroatoms. The van der Waals surface area contributed by atoms with Crippen LogP contribution in [0.2, 0.25) is 0 Å². The molecule has 2 nitrogen and oxygen atoms in total. The second-order valence-corrected chi connectivity index (χ2v) is 8.38. The third-order valence-electron chi connectivity index (χ3n) is 6.43. The van der Waals surface area contributed by atoms with Gasteiger partial charge in [0.25, 0.3) is 0 Å². The molecule has 0 N–H and O–H groups in total. The fourth-order valence-electron chi connectivity index (χ4n) is 4.89. The first-order chi connectivity index (χ1) is 15.9. The van der Waals surface area contributed by atoms with Crippen LogP contribution in [0, 0.1) is 0 Å². The molecule has 154 valence electrons. The summed E-state index contributed by atoms with van der Waals surface area (Å²) in [6.07, 6.45) is 2.34. The van der Waals surface area contributed by atoms with Gasteiger partial charge in [0, 0.05) is 0 Å². The number of aliphatic imine (C=N–C) groups is 1. The maximum absolute atomic E-state index is 5.33. The summed E-state index contributed by atoms with van der Waals surface area (Å²) in [7, 11) is 0. The summed E-state index contributed by atoms with van der Waals surface area (Å²) in [5, 5.41) is 0. The van der Waals surface area contributed by atoms with E-state index >= 15 is 0 Å². The van der Waals surface area contributed by atoms with Crippen molar-refractivity contribution in [3.8, 4) is 0 Å². The quantitative estimate of drug-likeness (QED) is 0.341. The lowest BCUT2D eigenvalue weighted by atomic mass is 10.0. The Hall–Kier alpha value is -3.75. The van der Waals surface area contributed by atoms with Crippen molar-refractivity contribution in [3.63, 3.8) is 0 Å². The average Bonchev–Trinajstić information content (AvgIpc) is 3.63. The van der Waals surface area contributed by atoms with Crippen LogP contribution < -0.4 is 0 Å². The van der Waals surface area contributed by atoms with Gasteiger partial charge < -0.3 is 0 Å². The molecule has 0 aliphatic carbocycles. The van der Waals surface area contributed by atoms with E-state index in [0.717, 1.165) is 17.0 Å². The SMILES string of the molecule is C1=C(c2ccccc2)N=C(c2ccccc2)[C@@H]2[C@@H](c3ccccc3)N2[C@@H]1c1ccccc1. The van der Waals surface area contributed by atoms with Crippen molar-refractivity contribution in [2.24, 2.45) is 4.99 Å². The minimum Gasteiger partial charge on any atom is -0.273 e. The van der Waals surface area contributed by atoms with Crippen molar-refractivity contribution in [1.29, 1.82) is 0 Å². The highest BCUT2D eigenvalue weighted by Gasteiger charge is 2.55. The molecule has 1 fully saturated rings. The molecule has 4 atom stereocenters. The molecule has 32 heavy (non-hydrogen) atoms. The van der Waals surface area contributed by atoms with Crippen LogP contribution in [0.4, 0.5) is 0 Å². The van der Waals surface area contributed by atoms with Gasteiger partial charge in [-0.2, -0.15) is 0 Å². The van der Waals surface area contributed by atoms with E-state index in [1.54, 1.807) is 0 Å². The maximum atomic E-state index is 5.33. The standard InChI is InChI=1S/C30H24N2/c1-5-13-22(14-6-1)26-21-27(23-15-7-2-8-16-23)32-29(25-19-11-4-12-20-25)30(32)28(31-26)24-17-9-3-10-18-24/h1-21,27,29-30H/t27-,29+,30+,32?/m0/s1. The Labute approximate surface area is 189 Å². The zero-order valence-corrected chi connectivity index (χ0v) is 17.8. The second kappa shape index (κ2) is 8.07. The topological polar surface area (TPSA) is 15.4 Å². The predicted octanol–water partition coefficient (Wildman–Crippen LogP) is 6.70. The largest absolute Gasteiger partial charge is 0.273 e. The molecule has 4 aromatic carbocycles. The first-order valence-electron chi connectivity index (χ1n) is 11.2. The lowest BCUT2D eigenvalue weighted by molar-refractivity contribution is 0.438. The average molecular weight is 413 g/mol. The van der Waals surface area contributed by atoms with Crippen LogP contribution >= 0.6 is 0 Å². The number of benzene rings is 4. The van der Waals surface area contributed by atoms with Gasteiger partial charge in [0.15, 0.2) is 0 Å². The molecule has 2 aliphatic heterocycles. The fraction of sp³-hybridized carbons (Fsp3) is 0.100. The van der Waals surface area contributed by atoms with Gasteiger partial charge >= 0.3 is 0 Å². The van der Waals surface area contributed by atoms with Crippen molar-refractivity contribution in [2.45, 2.75) is 18.1 Å². The Morgan fingerprint density at radius 3 is 1.59 bits per heavy atom. The molecule has 1 unspecified atom stereocenters. The van der Waals surface area contributed by atoms with E-state index in [2.05, 4.69) is 132 Å². The van der Waals surface area contributed by atoms with Crippen molar-refractivity contribution in [2.75, 3.05) is 0 Å². The minimum absolute atomic E-state index is 0.159. The molecule has 0 bridgehead atoms. The van der Waals surface area contributed by atoms with Crippen LogP contribution in [-0.4, -0.2) is 16.7 Å². The predicted molar refractivity (Wildman–Crippen MR) is 131 cm³/mol. The summed E-state index contributed by atoms with van der Waals surface area (Å²) >= 11 is 0. The minimum atomic E-state index is 0.159. The van der Waals surface area contributed by atoms with E-state index in [1.165, 1.54) is 16.7 Å². The highest BCUT2D eigenvalue weighted by molar-refractivity contribution is 6.09. The van der Waals surface area contributed by atoms with E-state index in [1.807, 2.05) is 0 Å². The summed E-state index contributed by atoms with van der Waals surface area (Å²) < 4.78 is 0. The smallest absolute Gasteiger partial charge is 0.0740 e. The van der Waals surface area contributed by atoms with Gasteiger partial charge in [-0.15, -0.1) is 0 Å². The Bertz CT molecular complexity index is 1260. The van der Waals surface area contributed by atoms with Crippen molar-refractivity contribution in [1.82, 2.24) is 4.90 Å². The van der Waals surface area contributed by atoms with E-state index in [4.69, 9.17) is 4.99 Å². The summed E-state index contributed by atoms with van der Waals surface area (Å²) in [6.45, 7) is 0. The zero-order chi connectivity index (χ0) is 21.3. The highest BCUT2D eigenvalue weighted by Crippen LogP contribution is 2.53. The molecule has 0 radical (unpaired) electrons. The van der Waals surface area contributed by atoms with Gasteiger partial charge in [-0.05, 0) is 28.3 Å². The Morgan fingerprint density at radius 1 is 0.500 bits per heavy atom. The van der Waals surface area contributed by atoms with E-state index in [0.29, 0.717) is 6.04 Å². The number of fused-ring (bicyclic) bond motifs is 1.